The zero-order valence-electron chi connectivity index (χ0n) is 13.9. The van der Waals surface area contributed by atoms with Gasteiger partial charge in [0.2, 0.25) is 0 Å². The van der Waals surface area contributed by atoms with Gasteiger partial charge in [0.05, 0.1) is 6.42 Å². The Morgan fingerprint density at radius 2 is 2.25 bits per heavy atom. The highest BCUT2D eigenvalue weighted by atomic mass is 32.1. The Hall–Kier alpha value is -1.43. The van der Waals surface area contributed by atoms with Crippen LogP contribution in [0.5, 0.6) is 0 Å². The van der Waals surface area contributed by atoms with E-state index in [4.69, 9.17) is 5.11 Å². The molecular weight excluding hydrogens is 338 g/mol. The Morgan fingerprint density at radius 1 is 1.38 bits per heavy atom. The third-order valence-electron chi connectivity index (χ3n) is 4.57. The normalized spacial score (nSPS) is 19.0. The van der Waals surface area contributed by atoms with Crippen LogP contribution in [0.25, 0.3) is 5.57 Å². The first-order valence-corrected chi connectivity index (χ1v) is 10.2. The molecule has 0 radical (unpaired) electrons. The van der Waals surface area contributed by atoms with Gasteiger partial charge in [0.25, 0.3) is 0 Å². The number of likely N-dealkylation sites (tertiary alicyclic amines) is 1. The first-order valence-electron chi connectivity index (χ1n) is 8.39. The molecule has 0 aromatic carbocycles. The van der Waals surface area contributed by atoms with Crippen LogP contribution >= 0.6 is 22.7 Å². The van der Waals surface area contributed by atoms with E-state index in [2.05, 4.69) is 46.9 Å². The lowest BCUT2D eigenvalue weighted by Crippen LogP contribution is -2.32. The average molecular weight is 362 g/mol. The Morgan fingerprint density at radius 3 is 2.92 bits per heavy atom. The third kappa shape index (κ3) is 4.15. The van der Waals surface area contributed by atoms with Gasteiger partial charge in [-0.2, -0.15) is 0 Å². The van der Waals surface area contributed by atoms with Crippen molar-refractivity contribution < 1.29 is 9.90 Å². The molecule has 24 heavy (non-hydrogen) atoms. The number of hydrogen-bond acceptors (Lipinski definition) is 4. The summed E-state index contributed by atoms with van der Waals surface area (Å²) < 4.78 is 0. The van der Waals surface area contributed by atoms with Gasteiger partial charge < -0.3 is 5.11 Å². The first kappa shape index (κ1) is 17.4. The predicted molar refractivity (Wildman–Crippen MR) is 102 cm³/mol. The Kier molecular flexibility index (Phi) is 5.87. The molecular formula is C19H23NO2S2. The summed E-state index contributed by atoms with van der Waals surface area (Å²) in [5, 5.41) is 13.3. The molecule has 0 saturated carbocycles. The quantitative estimate of drug-likeness (QED) is 0.764. The fourth-order valence-electron chi connectivity index (χ4n) is 3.38. The first-order chi connectivity index (χ1) is 11.6. The fourth-order valence-corrected chi connectivity index (χ4v) is 5.20. The standard InChI is InChI=1S/C19H23NO2S2/c1-14-8-12-24-19(14)16(17-7-4-11-23-17)6-3-10-20-9-2-5-15(20)13-18(21)22/h4,6-8,11-12,15H,2-3,5,9-10,13H2,1H3,(H,21,22)/t15-/m0/s1. The van der Waals surface area contributed by atoms with E-state index in [-0.39, 0.29) is 12.5 Å². The molecule has 1 saturated heterocycles. The van der Waals surface area contributed by atoms with E-state index in [1.54, 1.807) is 22.7 Å². The van der Waals surface area contributed by atoms with E-state index >= 15 is 0 Å². The summed E-state index contributed by atoms with van der Waals surface area (Å²) in [5.74, 6) is -0.684. The Bertz CT molecular complexity index is 703. The van der Waals surface area contributed by atoms with Crippen molar-refractivity contribution in [2.45, 2.75) is 38.6 Å². The molecule has 2 aromatic rings. The fraction of sp³-hybridized carbons (Fsp3) is 0.421. The average Bonchev–Trinajstić information content (AvgIpc) is 3.26. The maximum Gasteiger partial charge on any atom is 0.304 e. The number of carbonyl (C=O) groups is 1. The van der Waals surface area contributed by atoms with Gasteiger partial charge in [-0.1, -0.05) is 12.1 Å². The molecule has 2 aromatic heterocycles. The lowest BCUT2D eigenvalue weighted by atomic mass is 10.1. The topological polar surface area (TPSA) is 40.5 Å². The van der Waals surface area contributed by atoms with E-state index in [0.29, 0.717) is 0 Å². The molecule has 3 rings (SSSR count). The molecule has 3 nitrogen and oxygen atoms in total. The minimum Gasteiger partial charge on any atom is -0.481 e. The van der Waals surface area contributed by atoms with Crippen LogP contribution < -0.4 is 0 Å². The van der Waals surface area contributed by atoms with Crippen LogP contribution in [0, 0.1) is 6.92 Å². The van der Waals surface area contributed by atoms with Gasteiger partial charge in [0.1, 0.15) is 0 Å². The van der Waals surface area contributed by atoms with Crippen molar-refractivity contribution in [1.82, 2.24) is 4.90 Å². The van der Waals surface area contributed by atoms with Crippen molar-refractivity contribution in [3.05, 3.63) is 50.4 Å². The third-order valence-corrected chi connectivity index (χ3v) is 6.52. The minimum atomic E-state index is -0.684. The van der Waals surface area contributed by atoms with E-state index in [1.807, 2.05) is 0 Å². The van der Waals surface area contributed by atoms with Gasteiger partial charge in [-0.25, -0.2) is 0 Å². The lowest BCUT2D eigenvalue weighted by molar-refractivity contribution is -0.138. The zero-order chi connectivity index (χ0) is 16.9. The second-order valence-corrected chi connectivity index (χ2v) is 8.11. The smallest absolute Gasteiger partial charge is 0.304 e. The highest BCUT2D eigenvalue weighted by Gasteiger charge is 2.25. The van der Waals surface area contributed by atoms with E-state index < -0.39 is 5.97 Å². The molecule has 1 aliphatic rings. The lowest BCUT2D eigenvalue weighted by Gasteiger charge is -2.22. The summed E-state index contributed by atoms with van der Waals surface area (Å²) in [4.78, 5) is 16.0. The number of aryl methyl sites for hydroxylation is 1. The summed E-state index contributed by atoms with van der Waals surface area (Å²) in [6.07, 6.45) is 5.69. The molecule has 1 N–H and O–H groups in total. The number of nitrogens with zero attached hydrogens (tertiary/aromatic N) is 1. The zero-order valence-corrected chi connectivity index (χ0v) is 15.5. The highest BCUT2D eigenvalue weighted by molar-refractivity contribution is 7.13. The van der Waals surface area contributed by atoms with Crippen molar-refractivity contribution in [2.75, 3.05) is 13.1 Å². The van der Waals surface area contributed by atoms with Crippen molar-refractivity contribution in [2.24, 2.45) is 0 Å². The highest BCUT2D eigenvalue weighted by Crippen LogP contribution is 2.33. The van der Waals surface area contributed by atoms with E-state index in [0.717, 1.165) is 32.4 Å². The van der Waals surface area contributed by atoms with E-state index in [1.165, 1.54) is 20.9 Å². The number of carboxylic acid groups (broad SMARTS) is 1. The van der Waals surface area contributed by atoms with Gasteiger partial charge >= 0.3 is 5.97 Å². The Balaban J connectivity index is 1.70. The van der Waals surface area contributed by atoms with Crippen LogP contribution in [-0.4, -0.2) is 35.1 Å². The molecule has 0 amide bonds. The van der Waals surface area contributed by atoms with E-state index in [9.17, 15) is 4.79 Å². The number of carboxylic acids is 1. The molecule has 0 spiro atoms. The van der Waals surface area contributed by atoms with Crippen LogP contribution in [0.1, 0.15) is 41.0 Å². The molecule has 1 fully saturated rings. The van der Waals surface area contributed by atoms with Gasteiger partial charge in [-0.05, 0) is 61.2 Å². The van der Waals surface area contributed by atoms with Crippen molar-refractivity contribution >= 4 is 34.2 Å². The second kappa shape index (κ2) is 8.10. The molecule has 1 aliphatic heterocycles. The van der Waals surface area contributed by atoms with Crippen LogP contribution in [0.3, 0.4) is 0 Å². The van der Waals surface area contributed by atoms with Crippen molar-refractivity contribution in [3.63, 3.8) is 0 Å². The maximum absolute atomic E-state index is 11.0. The van der Waals surface area contributed by atoms with Gasteiger partial charge in [0.15, 0.2) is 0 Å². The summed E-state index contributed by atoms with van der Waals surface area (Å²) in [7, 11) is 0. The van der Waals surface area contributed by atoms with Crippen LogP contribution in [0.15, 0.2) is 35.0 Å². The minimum absolute atomic E-state index is 0.213. The van der Waals surface area contributed by atoms with Crippen LogP contribution in [0.4, 0.5) is 0 Å². The number of hydrogen-bond donors (Lipinski definition) is 1. The largest absolute Gasteiger partial charge is 0.481 e. The molecule has 1 atom stereocenters. The molecule has 0 aliphatic carbocycles. The van der Waals surface area contributed by atoms with Crippen molar-refractivity contribution in [3.8, 4) is 0 Å². The summed E-state index contributed by atoms with van der Waals surface area (Å²) >= 11 is 3.57. The molecule has 3 heterocycles. The number of rotatable bonds is 7. The van der Waals surface area contributed by atoms with Gasteiger partial charge in [0, 0.05) is 27.9 Å². The van der Waals surface area contributed by atoms with Gasteiger partial charge in [-0.3, -0.25) is 9.69 Å². The van der Waals surface area contributed by atoms with Crippen molar-refractivity contribution in [1.29, 1.82) is 0 Å². The van der Waals surface area contributed by atoms with Crippen LogP contribution in [0.2, 0.25) is 0 Å². The predicted octanol–water partition coefficient (Wildman–Crippen LogP) is 4.88. The molecule has 0 bridgehead atoms. The maximum atomic E-state index is 11.0. The summed E-state index contributed by atoms with van der Waals surface area (Å²) in [6, 6.07) is 6.66. The van der Waals surface area contributed by atoms with Gasteiger partial charge in [-0.15, -0.1) is 22.7 Å². The second-order valence-electron chi connectivity index (χ2n) is 6.25. The van der Waals surface area contributed by atoms with Crippen LogP contribution in [-0.2, 0) is 4.79 Å². The summed E-state index contributed by atoms with van der Waals surface area (Å²) in [6.45, 7) is 4.13. The number of aliphatic carboxylic acids is 1. The monoisotopic (exact) mass is 361 g/mol. The SMILES string of the molecule is Cc1ccsc1C(=CCCN1CCC[C@H]1CC(=O)O)c1cccs1. The molecule has 128 valence electrons. The molecule has 0 unspecified atom stereocenters. The molecule has 5 heteroatoms. The Labute approximate surface area is 151 Å². The summed E-state index contributed by atoms with van der Waals surface area (Å²) in [5.41, 5.74) is 2.65. The number of thiophene rings is 2.